The third-order valence-electron chi connectivity index (χ3n) is 11.2. The highest BCUT2D eigenvalue weighted by Gasteiger charge is 2.18. The van der Waals surface area contributed by atoms with Gasteiger partial charge < -0.3 is 55.3 Å². The lowest BCUT2D eigenvalue weighted by Crippen LogP contribution is -2.29. The molecule has 19 nitrogen and oxygen atoms in total. The van der Waals surface area contributed by atoms with Crippen LogP contribution in [0.25, 0.3) is 33.6 Å². The van der Waals surface area contributed by atoms with Crippen molar-refractivity contribution in [1.82, 2.24) is 43.9 Å². The molecule has 0 bridgehead atoms. The molecule has 1 amide bonds. The zero-order valence-corrected chi connectivity index (χ0v) is 43.1. The third kappa shape index (κ3) is 14.8. The van der Waals surface area contributed by atoms with Gasteiger partial charge in [0.2, 0.25) is 23.0 Å². The van der Waals surface area contributed by atoms with Crippen molar-refractivity contribution in [3.05, 3.63) is 141 Å². The van der Waals surface area contributed by atoms with E-state index >= 15 is 0 Å². The number of methoxy groups -OCH3 is 2. The largest absolute Gasteiger partial charge is 0.494 e. The van der Waals surface area contributed by atoms with Crippen molar-refractivity contribution in [2.24, 2.45) is 0 Å². The molecule has 5 N–H and O–H groups in total. The highest BCUT2D eigenvalue weighted by atomic mass is 35.5. The summed E-state index contributed by atoms with van der Waals surface area (Å²) in [5, 5.41) is 10.0. The van der Waals surface area contributed by atoms with Gasteiger partial charge in [-0.05, 0) is 106 Å². The molecule has 0 aliphatic rings. The van der Waals surface area contributed by atoms with E-state index < -0.39 is 5.24 Å². The molecule has 0 atom stereocenters. The highest BCUT2D eigenvalue weighted by Crippen LogP contribution is 2.39. The van der Waals surface area contributed by atoms with E-state index in [1.807, 2.05) is 116 Å². The molecule has 4 aromatic carbocycles. The Labute approximate surface area is 437 Å². The summed E-state index contributed by atoms with van der Waals surface area (Å²) < 4.78 is 15.2. The normalized spacial score (nSPS) is 10.6. The lowest BCUT2D eigenvalue weighted by molar-refractivity contribution is -0.112. The molecule has 74 heavy (non-hydrogen) atoms. The Balaban J connectivity index is 0.000000249. The molecule has 0 saturated carbocycles. The van der Waals surface area contributed by atoms with Crippen LogP contribution in [0.4, 0.5) is 46.0 Å². The van der Waals surface area contributed by atoms with Gasteiger partial charge in [0.25, 0.3) is 0 Å². The minimum Gasteiger partial charge on any atom is -0.494 e. The average molecular weight is 1020 g/mol. The molecule has 8 rings (SSSR count). The van der Waals surface area contributed by atoms with Gasteiger partial charge in [-0.3, -0.25) is 14.2 Å². The van der Waals surface area contributed by atoms with Crippen LogP contribution in [0.3, 0.4) is 0 Å². The average Bonchev–Trinajstić information content (AvgIpc) is 4.03. The third-order valence-corrected chi connectivity index (χ3v) is 11.3. The highest BCUT2D eigenvalue weighted by molar-refractivity contribution is 6.66. The van der Waals surface area contributed by atoms with Gasteiger partial charge in [0, 0.05) is 71.0 Å². The summed E-state index contributed by atoms with van der Waals surface area (Å²) in [5.74, 6) is 3.23. The number of allylic oxidation sites excluding steroid dienone is 1. The van der Waals surface area contributed by atoms with Gasteiger partial charge in [0.1, 0.15) is 29.5 Å². The lowest BCUT2D eigenvalue weighted by Gasteiger charge is -2.26. The van der Waals surface area contributed by atoms with Gasteiger partial charge in [-0.25, -0.2) is 15.0 Å². The second-order valence-electron chi connectivity index (χ2n) is 16.9. The first-order valence-electron chi connectivity index (χ1n) is 23.0. The Hall–Kier alpha value is -8.52. The number of rotatable bonds is 19. The van der Waals surface area contributed by atoms with Gasteiger partial charge >= 0.3 is 0 Å². The summed E-state index contributed by atoms with van der Waals surface area (Å²) in [7, 11) is 15.4. The molecule has 0 spiro atoms. The number of halogens is 1. The summed E-state index contributed by atoms with van der Waals surface area (Å²) in [4.78, 5) is 52.7. The van der Waals surface area contributed by atoms with Crippen molar-refractivity contribution in [3.8, 4) is 23.1 Å². The number of hydrogen-bond acceptors (Lipinski definition) is 16. The number of nitrogens with one attached hydrogen (secondary N) is 3. The van der Waals surface area contributed by atoms with Crippen LogP contribution in [0, 0.1) is 0 Å². The van der Waals surface area contributed by atoms with Crippen LogP contribution < -0.4 is 41.0 Å². The first-order chi connectivity index (χ1) is 35.1. The number of benzene rings is 4. The van der Waals surface area contributed by atoms with E-state index in [1.54, 1.807) is 32.9 Å². The molecule has 388 valence electrons. The Morgan fingerprint density at radius 3 is 1.76 bits per heavy atom. The number of carbonyl (C=O) groups excluding carboxylic acids is 2. The van der Waals surface area contributed by atoms with Gasteiger partial charge in [-0.15, -0.1) is 0 Å². The van der Waals surface area contributed by atoms with Gasteiger partial charge in [-0.1, -0.05) is 50.9 Å². The second-order valence-corrected chi connectivity index (χ2v) is 17.3. The van der Waals surface area contributed by atoms with Crippen LogP contribution >= 0.6 is 11.6 Å². The number of likely N-dealkylation sites (N-methyl/N-ethyl adjacent to an activating group) is 4. The minimum atomic E-state index is -0.509. The quantitative estimate of drug-likeness (QED) is 0.0339. The number of nitrogens with two attached hydrogens (primary N) is 1. The molecule has 0 aliphatic heterocycles. The molecule has 0 radical (unpaired) electrons. The van der Waals surface area contributed by atoms with Crippen LogP contribution in [-0.2, 0) is 9.59 Å². The molecule has 8 aromatic rings. The van der Waals surface area contributed by atoms with E-state index in [4.69, 9.17) is 31.8 Å². The zero-order valence-electron chi connectivity index (χ0n) is 42.4. The molecule has 4 aromatic heterocycles. The monoisotopic (exact) mass is 1020 g/mol. The zero-order chi connectivity index (χ0) is 52.6. The Kier molecular flexibility index (Phi) is 20.4. The molecular weight excluding hydrogens is 958 g/mol. The standard InChI is InChI=1S/C26H30N8O2.C24H29N7O.C3H3ClO.CH4/c1-6-25(35)29-19-15-20(23(36-5)16-22(19)33(4)14-13-32(2)3)30-26-27-12-11-24(31-26)34-17-28-18-9-7-8-10-21(18)34;1-29(2)13-14-30(3)21-16-22(32-4)19(15-18(21)25)27-24-26-11-9-23(28-24)31-12-10-17-7-5-6-8-20(17)31;1-2-3(4)5;/h6-12,15-17H,1,13-14H2,2-5H3,(H,29,35)(H,27,30,31);5-12,15-16H,13-14,25H2,1-4H3,(H,26,27,28);2H,1H2;1H4. The second kappa shape index (κ2) is 26.8. The maximum Gasteiger partial charge on any atom is 0.247 e. The molecule has 4 heterocycles. The maximum absolute atomic E-state index is 12.2. The number of hydrogen-bond donors (Lipinski definition) is 4. The van der Waals surface area contributed by atoms with E-state index in [0.717, 1.165) is 71.4 Å². The van der Waals surface area contributed by atoms with Crippen LogP contribution in [0.5, 0.6) is 11.5 Å². The number of imidazole rings is 1. The summed E-state index contributed by atoms with van der Waals surface area (Å²) in [5.41, 5.74) is 13.6. The summed E-state index contributed by atoms with van der Waals surface area (Å²) in [6.07, 6.45) is 9.44. The van der Waals surface area contributed by atoms with E-state index in [1.165, 1.54) is 6.08 Å². The van der Waals surface area contributed by atoms with Crippen LogP contribution in [-0.4, -0.2) is 138 Å². The van der Waals surface area contributed by atoms with Crippen LogP contribution in [0.1, 0.15) is 7.43 Å². The maximum atomic E-state index is 12.2. The number of anilines is 8. The SMILES string of the molecule is C.C=CC(=O)Cl.C=CC(=O)Nc1cc(Nc2nccc(-n3cnc4ccccc43)n2)c(OC)cc1N(C)CCN(C)C.COc1cc(N(C)CCN(C)C)c(N)cc1Nc1nccc(-n2ccc3ccccc32)n1. The topological polar surface area (TPSA) is 202 Å². The summed E-state index contributed by atoms with van der Waals surface area (Å²) >= 11 is 4.71. The number of nitrogen functional groups attached to an aromatic ring is 1. The minimum absolute atomic E-state index is 0. The fourth-order valence-electron chi connectivity index (χ4n) is 7.31. The van der Waals surface area contributed by atoms with Gasteiger partial charge in [0.15, 0.2) is 0 Å². The Morgan fingerprint density at radius 2 is 1.19 bits per heavy atom. The van der Waals surface area contributed by atoms with E-state index in [0.29, 0.717) is 52.0 Å². The molecule has 0 aliphatic carbocycles. The number of aromatic nitrogens is 7. The van der Waals surface area contributed by atoms with Crippen molar-refractivity contribution >= 4 is 90.7 Å². The number of carbonyl (C=O) groups is 2. The fraction of sp³-hybridized carbons (Fsp3) is 0.241. The number of amides is 1. The smallest absolute Gasteiger partial charge is 0.247 e. The Morgan fingerprint density at radius 1 is 0.662 bits per heavy atom. The van der Waals surface area contributed by atoms with Gasteiger partial charge in [0.05, 0.1) is 64.9 Å². The number of ether oxygens (including phenoxy) is 2. The van der Waals surface area contributed by atoms with Crippen molar-refractivity contribution in [2.45, 2.75) is 7.43 Å². The van der Waals surface area contributed by atoms with E-state index in [9.17, 15) is 9.59 Å². The van der Waals surface area contributed by atoms with Crippen molar-refractivity contribution < 1.29 is 19.1 Å². The van der Waals surface area contributed by atoms with Crippen molar-refractivity contribution in [1.29, 1.82) is 0 Å². The molecule has 0 unspecified atom stereocenters. The molecule has 20 heteroatoms. The van der Waals surface area contributed by atoms with Crippen LogP contribution in [0.2, 0.25) is 0 Å². The van der Waals surface area contributed by atoms with E-state index in [-0.39, 0.29) is 13.3 Å². The first kappa shape index (κ1) is 56.4. The van der Waals surface area contributed by atoms with Gasteiger partial charge in [-0.2, -0.15) is 9.97 Å². The fourth-order valence-corrected chi connectivity index (χ4v) is 7.31. The van der Waals surface area contributed by atoms with Crippen molar-refractivity contribution in [3.63, 3.8) is 0 Å². The molecule has 0 fully saturated rings. The molecular formula is C54H66ClN15O4. The molecule has 0 saturated heterocycles. The lowest BCUT2D eigenvalue weighted by atomic mass is 10.2. The number of fused-ring (bicyclic) bond motifs is 2. The first-order valence-corrected chi connectivity index (χ1v) is 23.4. The van der Waals surface area contributed by atoms with Crippen LogP contribution in [0.15, 0.2) is 141 Å². The Bertz CT molecular complexity index is 3170. The predicted molar refractivity (Wildman–Crippen MR) is 303 cm³/mol. The number of para-hydroxylation sites is 3. The van der Waals surface area contributed by atoms with Crippen molar-refractivity contribution in [2.75, 3.05) is 114 Å². The predicted octanol–water partition coefficient (Wildman–Crippen LogP) is 9.02. The summed E-state index contributed by atoms with van der Waals surface area (Å²) in [6, 6.07) is 29.3. The summed E-state index contributed by atoms with van der Waals surface area (Å²) in [6.45, 7) is 10.0. The number of nitrogens with zero attached hydrogens (tertiary/aromatic N) is 11. The van der Waals surface area contributed by atoms with E-state index in [2.05, 4.69) is 101 Å².